The molecular weight excluding hydrogens is 324 g/mol. The molecule has 0 bridgehead atoms. The summed E-state index contributed by atoms with van der Waals surface area (Å²) >= 11 is 0. The van der Waals surface area contributed by atoms with Gasteiger partial charge in [0.1, 0.15) is 11.6 Å². The van der Waals surface area contributed by atoms with Crippen LogP contribution in [-0.2, 0) is 0 Å². The summed E-state index contributed by atoms with van der Waals surface area (Å²) in [6.07, 6.45) is 1.91. The van der Waals surface area contributed by atoms with E-state index in [4.69, 9.17) is 10.7 Å². The number of aromatic nitrogens is 2. The van der Waals surface area contributed by atoms with Crippen LogP contribution in [0.3, 0.4) is 0 Å². The number of para-hydroxylation sites is 2. The van der Waals surface area contributed by atoms with Crippen molar-refractivity contribution in [3.63, 3.8) is 0 Å². The average molecular weight is 350 g/mol. The van der Waals surface area contributed by atoms with Gasteiger partial charge in [-0.3, -0.25) is 0 Å². The summed E-state index contributed by atoms with van der Waals surface area (Å²) < 4.78 is 0. The van der Waals surface area contributed by atoms with E-state index in [1.807, 2.05) is 43.3 Å². The maximum Gasteiger partial charge on any atom is 0.165 e. The standard InChI is InChI=1S/C21H26N4O/c1-3-13-25(14-12-15(2)22)21-16-8-4-6-10-18(16)23-20(24-21)17-9-5-7-11-19(17)26/h4-11,15,26H,3,12-14,22H2,1-2H3. The molecular formula is C21H26N4O. The van der Waals surface area contributed by atoms with Gasteiger partial charge in [-0.15, -0.1) is 0 Å². The lowest BCUT2D eigenvalue weighted by atomic mass is 10.1. The van der Waals surface area contributed by atoms with Crippen LogP contribution in [0.4, 0.5) is 5.82 Å². The second-order valence-electron chi connectivity index (χ2n) is 6.66. The summed E-state index contributed by atoms with van der Waals surface area (Å²) in [4.78, 5) is 11.8. The summed E-state index contributed by atoms with van der Waals surface area (Å²) in [5.41, 5.74) is 7.49. The Labute approximate surface area is 154 Å². The number of hydrogen-bond acceptors (Lipinski definition) is 5. The molecule has 0 aliphatic rings. The molecule has 1 heterocycles. The van der Waals surface area contributed by atoms with Crippen molar-refractivity contribution in [2.45, 2.75) is 32.7 Å². The monoisotopic (exact) mass is 350 g/mol. The minimum Gasteiger partial charge on any atom is -0.507 e. The van der Waals surface area contributed by atoms with Gasteiger partial charge >= 0.3 is 0 Å². The van der Waals surface area contributed by atoms with Gasteiger partial charge in [-0.1, -0.05) is 31.2 Å². The van der Waals surface area contributed by atoms with Gasteiger partial charge < -0.3 is 15.7 Å². The lowest BCUT2D eigenvalue weighted by Crippen LogP contribution is -2.30. The van der Waals surface area contributed by atoms with Gasteiger partial charge in [0.25, 0.3) is 0 Å². The first-order valence-corrected chi connectivity index (χ1v) is 9.15. The maximum atomic E-state index is 10.2. The van der Waals surface area contributed by atoms with Crippen LogP contribution in [0.2, 0.25) is 0 Å². The van der Waals surface area contributed by atoms with Crippen LogP contribution in [-0.4, -0.2) is 34.2 Å². The molecule has 0 saturated carbocycles. The van der Waals surface area contributed by atoms with Gasteiger partial charge in [0.2, 0.25) is 0 Å². The van der Waals surface area contributed by atoms with E-state index in [0.717, 1.165) is 42.7 Å². The predicted octanol–water partition coefficient (Wildman–Crippen LogP) is 3.96. The Morgan fingerprint density at radius 2 is 1.77 bits per heavy atom. The van der Waals surface area contributed by atoms with Gasteiger partial charge in [-0.05, 0) is 44.0 Å². The Hall–Kier alpha value is -2.66. The highest BCUT2D eigenvalue weighted by atomic mass is 16.3. The number of nitrogens with two attached hydrogens (primary N) is 1. The zero-order valence-corrected chi connectivity index (χ0v) is 15.4. The van der Waals surface area contributed by atoms with Crippen LogP contribution >= 0.6 is 0 Å². The van der Waals surface area contributed by atoms with Crippen LogP contribution in [0.25, 0.3) is 22.3 Å². The molecule has 0 fully saturated rings. The number of nitrogens with zero attached hydrogens (tertiary/aromatic N) is 3. The molecule has 26 heavy (non-hydrogen) atoms. The van der Waals surface area contributed by atoms with Gasteiger partial charge in [-0.2, -0.15) is 0 Å². The first-order valence-electron chi connectivity index (χ1n) is 9.15. The van der Waals surface area contributed by atoms with E-state index in [-0.39, 0.29) is 11.8 Å². The fourth-order valence-electron chi connectivity index (χ4n) is 3.04. The summed E-state index contributed by atoms with van der Waals surface area (Å²) in [6.45, 7) is 5.92. The molecule has 3 N–H and O–H groups in total. The smallest absolute Gasteiger partial charge is 0.165 e. The number of anilines is 1. The molecule has 3 aromatic rings. The average Bonchev–Trinajstić information content (AvgIpc) is 2.64. The fraction of sp³-hybridized carbons (Fsp3) is 0.333. The summed E-state index contributed by atoms with van der Waals surface area (Å²) in [6, 6.07) is 15.3. The number of fused-ring (bicyclic) bond motifs is 1. The summed E-state index contributed by atoms with van der Waals surface area (Å²) in [5.74, 6) is 1.63. The third kappa shape index (κ3) is 3.94. The van der Waals surface area contributed by atoms with Crippen molar-refractivity contribution in [1.82, 2.24) is 9.97 Å². The highest BCUT2D eigenvalue weighted by molar-refractivity contribution is 5.91. The first-order chi connectivity index (χ1) is 12.6. The first kappa shape index (κ1) is 18.1. The number of hydrogen-bond donors (Lipinski definition) is 2. The van der Waals surface area contributed by atoms with Crippen LogP contribution in [0.5, 0.6) is 5.75 Å². The molecule has 0 spiro atoms. The zero-order valence-electron chi connectivity index (χ0n) is 15.4. The van der Waals surface area contributed by atoms with Crippen molar-refractivity contribution in [2.24, 2.45) is 5.73 Å². The van der Waals surface area contributed by atoms with Gasteiger partial charge in [0.05, 0.1) is 11.1 Å². The third-order valence-electron chi connectivity index (χ3n) is 4.38. The van der Waals surface area contributed by atoms with E-state index in [2.05, 4.69) is 16.8 Å². The minimum atomic E-state index is 0.139. The van der Waals surface area contributed by atoms with Gasteiger partial charge in [0.15, 0.2) is 5.82 Å². The van der Waals surface area contributed by atoms with Crippen LogP contribution < -0.4 is 10.6 Å². The van der Waals surface area contributed by atoms with Gasteiger partial charge in [0, 0.05) is 24.5 Å². The third-order valence-corrected chi connectivity index (χ3v) is 4.38. The van der Waals surface area contributed by atoms with Crippen LogP contribution in [0.1, 0.15) is 26.7 Å². The molecule has 136 valence electrons. The molecule has 2 aromatic carbocycles. The fourth-order valence-corrected chi connectivity index (χ4v) is 3.04. The molecule has 0 radical (unpaired) electrons. The van der Waals surface area contributed by atoms with Crippen molar-refractivity contribution < 1.29 is 5.11 Å². The minimum absolute atomic E-state index is 0.139. The van der Waals surface area contributed by atoms with E-state index in [1.165, 1.54) is 0 Å². The highest BCUT2D eigenvalue weighted by Crippen LogP contribution is 2.31. The maximum absolute atomic E-state index is 10.2. The van der Waals surface area contributed by atoms with E-state index < -0.39 is 0 Å². The quantitative estimate of drug-likeness (QED) is 0.675. The molecule has 0 aliphatic heterocycles. The molecule has 1 aromatic heterocycles. The van der Waals surface area contributed by atoms with E-state index in [0.29, 0.717) is 11.4 Å². The lowest BCUT2D eigenvalue weighted by Gasteiger charge is -2.26. The Bertz CT molecular complexity index is 879. The van der Waals surface area contributed by atoms with Crippen molar-refractivity contribution in [3.8, 4) is 17.1 Å². The Balaban J connectivity index is 2.14. The Morgan fingerprint density at radius 1 is 1.04 bits per heavy atom. The number of benzene rings is 2. The second-order valence-corrected chi connectivity index (χ2v) is 6.66. The van der Waals surface area contributed by atoms with Crippen molar-refractivity contribution >= 4 is 16.7 Å². The van der Waals surface area contributed by atoms with Crippen LogP contribution in [0.15, 0.2) is 48.5 Å². The molecule has 0 saturated heterocycles. The van der Waals surface area contributed by atoms with Crippen molar-refractivity contribution in [3.05, 3.63) is 48.5 Å². The number of rotatable bonds is 7. The Morgan fingerprint density at radius 3 is 2.50 bits per heavy atom. The SMILES string of the molecule is CCCN(CCC(C)N)c1nc(-c2ccccc2O)nc2ccccc12. The topological polar surface area (TPSA) is 75.3 Å². The normalized spacial score (nSPS) is 12.3. The highest BCUT2D eigenvalue weighted by Gasteiger charge is 2.16. The second kappa shape index (κ2) is 8.15. The zero-order chi connectivity index (χ0) is 18.5. The molecule has 1 atom stereocenters. The summed E-state index contributed by atoms with van der Waals surface area (Å²) in [7, 11) is 0. The predicted molar refractivity (Wildman–Crippen MR) is 107 cm³/mol. The van der Waals surface area contributed by atoms with E-state index >= 15 is 0 Å². The molecule has 1 unspecified atom stereocenters. The van der Waals surface area contributed by atoms with Gasteiger partial charge in [-0.25, -0.2) is 9.97 Å². The van der Waals surface area contributed by atoms with Crippen molar-refractivity contribution in [1.29, 1.82) is 0 Å². The van der Waals surface area contributed by atoms with Crippen molar-refractivity contribution in [2.75, 3.05) is 18.0 Å². The molecule has 5 heteroatoms. The summed E-state index contributed by atoms with van der Waals surface area (Å²) in [5, 5.41) is 11.3. The molecule has 0 aliphatic carbocycles. The molecule has 5 nitrogen and oxygen atoms in total. The number of aromatic hydroxyl groups is 1. The molecule has 0 amide bonds. The molecule has 3 rings (SSSR count). The number of phenolic OH excluding ortho intramolecular Hbond substituents is 1. The largest absolute Gasteiger partial charge is 0.507 e. The van der Waals surface area contributed by atoms with Crippen LogP contribution in [0, 0.1) is 0 Å². The van der Waals surface area contributed by atoms with E-state index in [1.54, 1.807) is 12.1 Å². The number of phenols is 1. The lowest BCUT2D eigenvalue weighted by molar-refractivity contribution is 0.477. The Kier molecular flexibility index (Phi) is 5.68. The van der Waals surface area contributed by atoms with E-state index in [9.17, 15) is 5.11 Å².